The largest absolute Gasteiger partial charge is 0.435 e. The Morgan fingerprint density at radius 1 is 1.21 bits per heavy atom. The van der Waals surface area contributed by atoms with E-state index >= 15 is 0 Å². The summed E-state index contributed by atoms with van der Waals surface area (Å²) in [5, 5.41) is 2.68. The van der Waals surface area contributed by atoms with Crippen LogP contribution in [0.4, 0.5) is 0 Å². The molecule has 1 aromatic carbocycles. The van der Waals surface area contributed by atoms with Crippen LogP contribution < -0.4 is 10.3 Å². The quantitative estimate of drug-likeness (QED) is 0.798. The average molecular weight is 262 g/mol. The maximum absolute atomic E-state index is 11.8. The summed E-state index contributed by atoms with van der Waals surface area (Å²) in [4.78, 5) is 14.1. The number of likely N-dealkylation sites (N-methyl/N-ethyl adjacent to an activating group) is 1. The van der Waals surface area contributed by atoms with Crippen LogP contribution in [0.5, 0.6) is 0 Å². The summed E-state index contributed by atoms with van der Waals surface area (Å²) in [6, 6.07) is 9.58. The third kappa shape index (κ3) is 3.12. The van der Waals surface area contributed by atoms with Gasteiger partial charge in [-0.1, -0.05) is 36.7 Å². The van der Waals surface area contributed by atoms with Crippen molar-refractivity contribution in [2.75, 3.05) is 19.6 Å². The first-order chi connectivity index (χ1) is 9.26. The third-order valence-electron chi connectivity index (χ3n) is 3.29. The molecule has 0 unspecified atom stereocenters. The molecule has 2 rings (SSSR count). The van der Waals surface area contributed by atoms with Gasteiger partial charge in [0.2, 0.25) is 0 Å². The van der Waals surface area contributed by atoms with E-state index in [1.807, 2.05) is 30.3 Å². The van der Waals surface area contributed by atoms with Crippen LogP contribution in [0.25, 0.3) is 11.3 Å². The molecule has 0 aliphatic carbocycles. The Morgan fingerprint density at radius 3 is 2.53 bits per heavy atom. The summed E-state index contributed by atoms with van der Waals surface area (Å²) in [5.41, 5.74) is 1.12. The zero-order chi connectivity index (χ0) is 13.7. The topological polar surface area (TPSA) is 53.1 Å². The summed E-state index contributed by atoms with van der Waals surface area (Å²) < 4.78 is 6.69. The zero-order valence-electron chi connectivity index (χ0n) is 11.4. The fourth-order valence-corrected chi connectivity index (χ4v) is 2.11. The van der Waals surface area contributed by atoms with Crippen molar-refractivity contribution >= 4 is 0 Å². The van der Waals surface area contributed by atoms with E-state index in [4.69, 9.17) is 4.52 Å². The lowest BCUT2D eigenvalue weighted by Crippen LogP contribution is -2.44. The number of nitrogens with zero attached hydrogens (tertiary/aromatic N) is 2. The number of hydrogen-bond acceptors (Lipinski definition) is 3. The van der Waals surface area contributed by atoms with Crippen LogP contribution in [0.3, 0.4) is 0 Å². The highest BCUT2D eigenvalue weighted by atomic mass is 16.5. The Morgan fingerprint density at radius 2 is 1.89 bits per heavy atom. The fraction of sp³-hybridized carbons (Fsp3) is 0.429. The van der Waals surface area contributed by atoms with Crippen LogP contribution in [0.15, 0.2) is 39.6 Å². The van der Waals surface area contributed by atoms with Gasteiger partial charge in [-0.15, -0.1) is 0 Å². The highest BCUT2D eigenvalue weighted by Crippen LogP contribution is 2.09. The molecule has 102 valence electrons. The molecule has 0 spiro atoms. The van der Waals surface area contributed by atoms with E-state index in [-0.39, 0.29) is 5.63 Å². The van der Waals surface area contributed by atoms with Crippen LogP contribution in [-0.4, -0.2) is 29.8 Å². The minimum Gasteiger partial charge on any atom is -0.298 e. The monoisotopic (exact) mass is 262 g/mol. The van der Waals surface area contributed by atoms with E-state index in [1.54, 1.807) is 4.68 Å². The predicted molar refractivity (Wildman–Crippen MR) is 72.7 cm³/mol. The van der Waals surface area contributed by atoms with Crippen molar-refractivity contribution in [3.8, 4) is 11.3 Å². The van der Waals surface area contributed by atoms with E-state index in [2.05, 4.69) is 24.0 Å². The van der Waals surface area contributed by atoms with Crippen molar-refractivity contribution in [3.63, 3.8) is 0 Å². The van der Waals surface area contributed by atoms with Crippen LogP contribution in [0.1, 0.15) is 13.8 Å². The van der Waals surface area contributed by atoms with Crippen molar-refractivity contribution in [3.05, 3.63) is 40.8 Å². The van der Waals surface area contributed by atoms with Crippen molar-refractivity contribution < 1.29 is 9.20 Å². The first-order valence-electron chi connectivity index (χ1n) is 6.65. The molecule has 5 nitrogen and oxygen atoms in total. The Hall–Kier alpha value is -1.88. The lowest BCUT2D eigenvalue weighted by atomic mass is 10.2. The van der Waals surface area contributed by atoms with Gasteiger partial charge in [-0.25, -0.2) is 4.79 Å². The van der Waals surface area contributed by atoms with Crippen LogP contribution >= 0.6 is 0 Å². The molecule has 0 atom stereocenters. The van der Waals surface area contributed by atoms with Gasteiger partial charge >= 0.3 is 11.3 Å². The summed E-state index contributed by atoms with van der Waals surface area (Å²) in [5.74, 6) is 0. The molecular weight excluding hydrogens is 242 g/mol. The second-order valence-electron chi connectivity index (χ2n) is 4.37. The van der Waals surface area contributed by atoms with Crippen LogP contribution in [0, 0.1) is 0 Å². The Bertz CT molecular complexity index is 556. The molecule has 0 aliphatic heterocycles. The highest BCUT2D eigenvalue weighted by molar-refractivity contribution is 5.53. The number of benzene rings is 1. The smallest absolute Gasteiger partial charge is 0.298 e. The maximum Gasteiger partial charge on any atom is 0.435 e. The molecule has 1 aromatic heterocycles. The normalized spacial score (nSPS) is 11.1. The summed E-state index contributed by atoms with van der Waals surface area (Å²) in [7, 11) is 0. The number of nitrogens with one attached hydrogen (secondary N) is 1. The highest BCUT2D eigenvalue weighted by Gasteiger charge is 2.22. The Kier molecular flexibility index (Phi) is 4.52. The number of rotatable bonds is 6. The first kappa shape index (κ1) is 13.5. The second-order valence-corrected chi connectivity index (χ2v) is 4.37. The summed E-state index contributed by atoms with van der Waals surface area (Å²) in [6.07, 6.45) is 0. The zero-order valence-corrected chi connectivity index (χ0v) is 11.4. The van der Waals surface area contributed by atoms with E-state index in [0.717, 1.165) is 25.2 Å². The minimum atomic E-state index is -0.328. The number of hydrogen-bond donors (Lipinski definition) is 1. The summed E-state index contributed by atoms with van der Waals surface area (Å²) >= 11 is 0. The molecule has 5 heteroatoms. The number of aromatic amines is 1. The van der Waals surface area contributed by atoms with Gasteiger partial charge in [0.05, 0.1) is 12.1 Å². The van der Waals surface area contributed by atoms with Gasteiger partial charge in [-0.3, -0.25) is 9.42 Å². The SMILES string of the molecule is CCN(CC)CC[n+]1[nH]oc(=O)c1-c1ccccc1. The molecule has 0 bridgehead atoms. The van der Waals surface area contributed by atoms with Gasteiger partial charge in [0, 0.05) is 0 Å². The molecule has 1 heterocycles. The predicted octanol–water partition coefficient (Wildman–Crippen LogP) is 1.26. The minimum absolute atomic E-state index is 0.328. The van der Waals surface area contributed by atoms with Crippen molar-refractivity contribution in [2.45, 2.75) is 20.4 Å². The second kappa shape index (κ2) is 6.33. The first-order valence-corrected chi connectivity index (χ1v) is 6.65. The van der Waals surface area contributed by atoms with Gasteiger partial charge < -0.3 is 0 Å². The number of H-pyrrole nitrogens is 1. The lowest BCUT2D eigenvalue weighted by molar-refractivity contribution is -0.752. The standard InChI is InChI=1S/C14H19N3O2/c1-3-16(4-2)10-11-17-13(14(18)19-15-17)12-8-6-5-7-9-12/h5-9H,3-4,10-11H2,1-2H3/p+1. The van der Waals surface area contributed by atoms with Gasteiger partial charge in [0.25, 0.3) is 0 Å². The third-order valence-corrected chi connectivity index (χ3v) is 3.29. The van der Waals surface area contributed by atoms with Crippen molar-refractivity contribution in [1.82, 2.24) is 10.2 Å². The van der Waals surface area contributed by atoms with Crippen molar-refractivity contribution in [1.29, 1.82) is 0 Å². The molecule has 0 fully saturated rings. The van der Waals surface area contributed by atoms with E-state index < -0.39 is 0 Å². The van der Waals surface area contributed by atoms with Crippen molar-refractivity contribution in [2.24, 2.45) is 0 Å². The fourth-order valence-electron chi connectivity index (χ4n) is 2.11. The van der Waals surface area contributed by atoms with E-state index in [9.17, 15) is 4.79 Å². The van der Waals surface area contributed by atoms with E-state index in [0.29, 0.717) is 12.2 Å². The number of aromatic nitrogens is 2. The average Bonchev–Trinajstić information content (AvgIpc) is 2.82. The Labute approximate surface area is 112 Å². The molecule has 2 aromatic rings. The van der Waals surface area contributed by atoms with Gasteiger partial charge in [-0.05, 0) is 30.5 Å². The van der Waals surface area contributed by atoms with Gasteiger partial charge in [-0.2, -0.15) is 0 Å². The van der Waals surface area contributed by atoms with Crippen LogP contribution in [0.2, 0.25) is 0 Å². The molecule has 0 saturated heterocycles. The van der Waals surface area contributed by atoms with E-state index in [1.165, 1.54) is 0 Å². The summed E-state index contributed by atoms with van der Waals surface area (Å²) in [6.45, 7) is 7.85. The van der Waals surface area contributed by atoms with Crippen LogP contribution in [-0.2, 0) is 6.54 Å². The maximum atomic E-state index is 11.8. The molecule has 0 amide bonds. The molecule has 19 heavy (non-hydrogen) atoms. The molecule has 0 aliphatic rings. The molecule has 0 radical (unpaired) electrons. The van der Waals surface area contributed by atoms with Gasteiger partial charge in [0.15, 0.2) is 6.54 Å². The molecule has 1 N–H and O–H groups in total. The lowest BCUT2D eigenvalue weighted by Gasteiger charge is -2.14. The Balaban J connectivity index is 2.21. The molecular formula is C14H20N3O2+. The van der Waals surface area contributed by atoms with Gasteiger partial charge in [0.1, 0.15) is 0 Å². The molecule has 0 saturated carbocycles.